The molecule has 4 heterocycles. The number of nitrogens with zero attached hydrogens (tertiary/aromatic N) is 3. The molecule has 0 unspecified atom stereocenters. The first-order valence-electron chi connectivity index (χ1n) is 8.38. The summed E-state index contributed by atoms with van der Waals surface area (Å²) in [5.41, 5.74) is 2.61. The number of aromatic nitrogens is 3. The zero-order chi connectivity index (χ0) is 18.8. The molecule has 134 valence electrons. The van der Waals surface area contributed by atoms with Gasteiger partial charge in [-0.2, -0.15) is 0 Å². The van der Waals surface area contributed by atoms with Crippen LogP contribution < -0.4 is 10.9 Å². The van der Waals surface area contributed by atoms with Crippen molar-refractivity contribution >= 4 is 11.6 Å². The number of carbonyl (C=O) groups excluding carboxylic acids is 1. The van der Waals surface area contributed by atoms with E-state index in [1.807, 2.05) is 18.2 Å². The van der Waals surface area contributed by atoms with Crippen LogP contribution in [0, 0.1) is 6.92 Å². The SMILES string of the molecule is Cc1cc(=O)n2cccc(C(=O)NCc3ccnc(-c4ccco4)c3)c2n1. The first-order valence-corrected chi connectivity index (χ1v) is 8.38. The highest BCUT2D eigenvalue weighted by atomic mass is 16.3. The van der Waals surface area contributed by atoms with Gasteiger partial charge in [-0.3, -0.25) is 19.0 Å². The summed E-state index contributed by atoms with van der Waals surface area (Å²) in [7, 11) is 0. The van der Waals surface area contributed by atoms with Crippen LogP contribution in [0.3, 0.4) is 0 Å². The molecule has 0 aromatic carbocycles. The van der Waals surface area contributed by atoms with Crippen LogP contribution in [-0.2, 0) is 6.54 Å². The second-order valence-corrected chi connectivity index (χ2v) is 6.06. The Bertz CT molecular complexity index is 1180. The van der Waals surface area contributed by atoms with E-state index >= 15 is 0 Å². The Morgan fingerprint density at radius 3 is 2.93 bits per heavy atom. The third-order valence-electron chi connectivity index (χ3n) is 4.11. The maximum atomic E-state index is 12.7. The van der Waals surface area contributed by atoms with E-state index in [0.29, 0.717) is 34.9 Å². The predicted molar refractivity (Wildman–Crippen MR) is 99.3 cm³/mol. The number of hydrogen-bond donors (Lipinski definition) is 1. The maximum absolute atomic E-state index is 12.7. The van der Waals surface area contributed by atoms with Gasteiger partial charge < -0.3 is 9.73 Å². The Balaban J connectivity index is 1.58. The van der Waals surface area contributed by atoms with E-state index < -0.39 is 0 Å². The Morgan fingerprint density at radius 2 is 2.11 bits per heavy atom. The van der Waals surface area contributed by atoms with Crippen molar-refractivity contribution in [2.45, 2.75) is 13.5 Å². The topological polar surface area (TPSA) is 89.5 Å². The standard InChI is InChI=1S/C20H16N4O3/c1-13-10-18(25)24-8-2-4-15(19(24)23-13)20(26)22-12-14-6-7-21-16(11-14)17-5-3-9-27-17/h2-11H,12H2,1H3,(H,22,26). The van der Waals surface area contributed by atoms with Gasteiger partial charge in [0.15, 0.2) is 11.4 Å². The molecule has 0 aliphatic carbocycles. The van der Waals surface area contributed by atoms with E-state index in [-0.39, 0.29) is 11.5 Å². The van der Waals surface area contributed by atoms with Crippen molar-refractivity contribution in [1.29, 1.82) is 0 Å². The van der Waals surface area contributed by atoms with Crippen LogP contribution in [0.2, 0.25) is 0 Å². The first-order chi connectivity index (χ1) is 13.1. The smallest absolute Gasteiger partial charge is 0.258 e. The van der Waals surface area contributed by atoms with Crippen molar-refractivity contribution in [2.24, 2.45) is 0 Å². The highest BCUT2D eigenvalue weighted by Crippen LogP contribution is 2.18. The lowest BCUT2D eigenvalue weighted by molar-refractivity contribution is 0.0952. The molecule has 0 bridgehead atoms. The summed E-state index contributed by atoms with van der Waals surface area (Å²) in [6.45, 7) is 2.04. The van der Waals surface area contributed by atoms with Crippen LogP contribution >= 0.6 is 0 Å². The zero-order valence-corrected chi connectivity index (χ0v) is 14.5. The number of hydrogen-bond acceptors (Lipinski definition) is 5. The van der Waals surface area contributed by atoms with Gasteiger partial charge in [-0.15, -0.1) is 0 Å². The number of aryl methyl sites for hydroxylation is 1. The van der Waals surface area contributed by atoms with E-state index in [0.717, 1.165) is 5.56 Å². The van der Waals surface area contributed by atoms with Crippen molar-refractivity contribution in [2.75, 3.05) is 0 Å². The number of nitrogens with one attached hydrogen (secondary N) is 1. The van der Waals surface area contributed by atoms with E-state index in [1.165, 1.54) is 10.5 Å². The average molecular weight is 360 g/mol. The predicted octanol–water partition coefficient (Wildman–Crippen LogP) is 2.59. The minimum atomic E-state index is -0.304. The lowest BCUT2D eigenvalue weighted by Crippen LogP contribution is -2.25. The van der Waals surface area contributed by atoms with E-state index in [1.54, 1.807) is 43.8 Å². The minimum absolute atomic E-state index is 0.218. The molecule has 0 spiro atoms. The number of furan rings is 1. The van der Waals surface area contributed by atoms with Gasteiger partial charge in [0, 0.05) is 30.7 Å². The molecule has 4 aromatic rings. The van der Waals surface area contributed by atoms with Gasteiger partial charge in [-0.25, -0.2) is 4.98 Å². The van der Waals surface area contributed by atoms with Crippen LogP contribution in [0.1, 0.15) is 21.6 Å². The molecular formula is C20H16N4O3. The van der Waals surface area contributed by atoms with Crippen molar-refractivity contribution < 1.29 is 9.21 Å². The molecule has 4 aromatic heterocycles. The lowest BCUT2D eigenvalue weighted by Gasteiger charge is -2.09. The maximum Gasteiger partial charge on any atom is 0.258 e. The Morgan fingerprint density at radius 1 is 1.22 bits per heavy atom. The van der Waals surface area contributed by atoms with Crippen LogP contribution in [0.4, 0.5) is 0 Å². The van der Waals surface area contributed by atoms with Crippen LogP contribution in [0.5, 0.6) is 0 Å². The summed E-state index contributed by atoms with van der Waals surface area (Å²) in [5, 5.41) is 2.87. The molecule has 1 N–H and O–H groups in total. The van der Waals surface area contributed by atoms with E-state index in [4.69, 9.17) is 4.42 Å². The first kappa shape index (κ1) is 16.7. The summed E-state index contributed by atoms with van der Waals surface area (Å²) >= 11 is 0. The monoisotopic (exact) mass is 360 g/mol. The fourth-order valence-electron chi connectivity index (χ4n) is 2.84. The highest BCUT2D eigenvalue weighted by Gasteiger charge is 2.13. The lowest BCUT2D eigenvalue weighted by atomic mass is 10.2. The zero-order valence-electron chi connectivity index (χ0n) is 14.5. The van der Waals surface area contributed by atoms with E-state index in [9.17, 15) is 9.59 Å². The molecule has 0 atom stereocenters. The second kappa shape index (κ2) is 6.87. The van der Waals surface area contributed by atoms with Crippen molar-refractivity contribution in [3.05, 3.63) is 88.3 Å². The molecule has 0 fully saturated rings. The minimum Gasteiger partial charge on any atom is -0.463 e. The van der Waals surface area contributed by atoms with Gasteiger partial charge in [0.1, 0.15) is 5.69 Å². The van der Waals surface area contributed by atoms with Gasteiger partial charge in [0.2, 0.25) is 0 Å². The summed E-state index contributed by atoms with van der Waals surface area (Å²) in [5.74, 6) is 0.359. The third kappa shape index (κ3) is 3.35. The second-order valence-electron chi connectivity index (χ2n) is 6.06. The number of amides is 1. The summed E-state index contributed by atoms with van der Waals surface area (Å²) in [6.07, 6.45) is 4.85. The number of fused-ring (bicyclic) bond motifs is 1. The van der Waals surface area contributed by atoms with Crippen LogP contribution in [0.15, 0.2) is 70.3 Å². The van der Waals surface area contributed by atoms with Gasteiger partial charge in [0.05, 0.1) is 11.8 Å². The van der Waals surface area contributed by atoms with Crippen molar-refractivity contribution in [3.8, 4) is 11.5 Å². The van der Waals surface area contributed by atoms with Gasteiger partial charge in [-0.05, 0) is 48.9 Å². The van der Waals surface area contributed by atoms with E-state index in [2.05, 4.69) is 15.3 Å². The molecule has 7 nitrogen and oxygen atoms in total. The molecule has 27 heavy (non-hydrogen) atoms. The molecule has 0 saturated heterocycles. The number of pyridine rings is 2. The van der Waals surface area contributed by atoms with Gasteiger partial charge in [-0.1, -0.05) is 0 Å². The molecule has 0 radical (unpaired) electrons. The van der Waals surface area contributed by atoms with Crippen LogP contribution in [0.25, 0.3) is 17.1 Å². The molecule has 0 saturated carbocycles. The van der Waals surface area contributed by atoms with Crippen molar-refractivity contribution in [3.63, 3.8) is 0 Å². The van der Waals surface area contributed by atoms with Gasteiger partial charge >= 0.3 is 0 Å². The molecule has 4 rings (SSSR count). The molecule has 0 aliphatic rings. The largest absolute Gasteiger partial charge is 0.463 e. The fraction of sp³-hybridized carbons (Fsp3) is 0.100. The molecule has 0 aliphatic heterocycles. The Labute approximate surface area is 154 Å². The number of rotatable bonds is 4. The van der Waals surface area contributed by atoms with Gasteiger partial charge in [0.25, 0.3) is 11.5 Å². The molecule has 7 heteroatoms. The van der Waals surface area contributed by atoms with Crippen LogP contribution in [-0.4, -0.2) is 20.3 Å². The van der Waals surface area contributed by atoms with Crippen molar-refractivity contribution in [1.82, 2.24) is 19.7 Å². The quantitative estimate of drug-likeness (QED) is 0.604. The summed E-state index contributed by atoms with van der Waals surface area (Å²) in [6, 6.07) is 12.0. The number of carbonyl (C=O) groups is 1. The third-order valence-corrected chi connectivity index (χ3v) is 4.11. The normalized spacial score (nSPS) is 10.9. The fourth-order valence-corrected chi connectivity index (χ4v) is 2.84. The average Bonchev–Trinajstić information content (AvgIpc) is 3.21. The summed E-state index contributed by atoms with van der Waals surface area (Å²) in [4.78, 5) is 33.4. The highest BCUT2D eigenvalue weighted by molar-refractivity contribution is 5.99. The Kier molecular flexibility index (Phi) is 4.25. The summed E-state index contributed by atoms with van der Waals surface area (Å²) < 4.78 is 6.71. The molecule has 1 amide bonds. The Hall–Kier alpha value is -3.74. The molecular weight excluding hydrogens is 344 g/mol.